The molecule has 0 aromatic heterocycles. The third-order valence-electron chi connectivity index (χ3n) is 0.843. The molecule has 0 aromatic rings. The normalized spacial score (nSPS) is 12.6. The van der Waals surface area contributed by atoms with E-state index < -0.39 is 5.97 Å². The van der Waals surface area contributed by atoms with Crippen molar-refractivity contribution < 1.29 is 29.4 Å². The van der Waals surface area contributed by atoms with Crippen molar-refractivity contribution in [3.8, 4) is 0 Å². The molecule has 1 aliphatic carbocycles. The van der Waals surface area contributed by atoms with Crippen molar-refractivity contribution in [2.75, 3.05) is 0 Å². The van der Waals surface area contributed by atoms with Crippen LogP contribution in [0.4, 0.5) is 0 Å². The van der Waals surface area contributed by atoms with Crippen LogP contribution in [0.2, 0.25) is 0 Å². The van der Waals surface area contributed by atoms with Crippen LogP contribution in [0.1, 0.15) is 6.92 Å². The van der Waals surface area contributed by atoms with E-state index in [9.17, 15) is 0 Å². The first-order chi connectivity index (χ1) is 5.13. The fourth-order valence-electron chi connectivity index (χ4n) is 0.478. The van der Waals surface area contributed by atoms with Gasteiger partial charge in [0.25, 0.3) is 0 Å². The molecule has 0 saturated carbocycles. The Labute approximate surface area is 85.4 Å². The molecule has 0 aromatic carbocycles. The molecule has 0 bridgehead atoms. The summed E-state index contributed by atoms with van der Waals surface area (Å²) in [5.74, 6) is -1.08. The topological polar surface area (TPSA) is 40.1 Å². The fourth-order valence-corrected chi connectivity index (χ4v) is 0.478. The number of carbonyl (C=O) groups is 1. The molecular weight excluding hydrogens is 205 g/mol. The SMILES string of the molecule is C=C1[CH]C=CC=C1.CC(=O)[O-].[Zn]. The molecule has 0 fully saturated rings. The third kappa shape index (κ3) is 12.0. The summed E-state index contributed by atoms with van der Waals surface area (Å²) in [6.45, 7) is 4.69. The number of rotatable bonds is 0. The van der Waals surface area contributed by atoms with Crippen LogP contribution in [0.15, 0.2) is 36.5 Å². The molecule has 1 radical (unpaired) electrons. The van der Waals surface area contributed by atoms with E-state index in [4.69, 9.17) is 9.90 Å². The second-order valence-electron chi connectivity index (χ2n) is 1.98. The Bertz CT molecular complexity index is 201. The Morgan fingerprint density at radius 3 is 2.08 bits per heavy atom. The van der Waals surface area contributed by atoms with Gasteiger partial charge < -0.3 is 9.90 Å². The smallest absolute Gasteiger partial charge is 0.0383 e. The van der Waals surface area contributed by atoms with Crippen molar-refractivity contribution >= 4 is 5.97 Å². The molecule has 0 unspecified atom stereocenters. The van der Waals surface area contributed by atoms with Gasteiger partial charge in [-0.3, -0.25) is 0 Å². The summed E-state index contributed by atoms with van der Waals surface area (Å²) in [6.07, 6.45) is 9.87. The van der Waals surface area contributed by atoms with E-state index in [1.807, 2.05) is 30.7 Å². The Morgan fingerprint density at radius 1 is 1.42 bits per heavy atom. The second kappa shape index (κ2) is 8.41. The first-order valence-electron chi connectivity index (χ1n) is 3.17. The maximum atomic E-state index is 8.89. The number of hydrogen-bond donors (Lipinski definition) is 0. The largest absolute Gasteiger partial charge is 0.550 e. The monoisotopic (exact) mass is 214 g/mol. The predicted molar refractivity (Wildman–Crippen MR) is 42.4 cm³/mol. The molecule has 0 amide bonds. The van der Waals surface area contributed by atoms with Gasteiger partial charge in [-0.1, -0.05) is 30.9 Å². The summed E-state index contributed by atoms with van der Waals surface area (Å²) in [5, 5.41) is 8.89. The molecule has 1 rings (SSSR count). The van der Waals surface area contributed by atoms with E-state index in [1.54, 1.807) is 0 Å². The van der Waals surface area contributed by atoms with Crippen molar-refractivity contribution in [3.63, 3.8) is 0 Å². The molecular formula is C9H10O2Zn-. The van der Waals surface area contributed by atoms with Crippen LogP contribution < -0.4 is 5.11 Å². The van der Waals surface area contributed by atoms with E-state index in [1.165, 1.54) is 0 Å². The Balaban J connectivity index is 0. The summed E-state index contributed by atoms with van der Waals surface area (Å²) in [7, 11) is 0. The molecule has 1 aliphatic rings. The summed E-state index contributed by atoms with van der Waals surface area (Å²) >= 11 is 0. The maximum Gasteiger partial charge on any atom is 0.0383 e. The molecule has 0 heterocycles. The first-order valence-corrected chi connectivity index (χ1v) is 3.17. The van der Waals surface area contributed by atoms with Gasteiger partial charge in [0.1, 0.15) is 0 Å². The zero-order valence-electron chi connectivity index (χ0n) is 7.12. The standard InChI is InChI=1S/C7H7.C2H4O2.Zn/c1-7-5-3-2-4-6-7;1-2(3)4;/h2-6H,1H2;1H3,(H,3,4);/p-1. The molecule has 61 valence electrons. The quantitative estimate of drug-likeness (QED) is 0.556. The fraction of sp³-hybridized carbons (Fsp3) is 0.111. The van der Waals surface area contributed by atoms with E-state index >= 15 is 0 Å². The molecule has 0 spiro atoms. The molecule has 0 N–H and O–H groups in total. The van der Waals surface area contributed by atoms with Gasteiger partial charge in [0.15, 0.2) is 0 Å². The zero-order valence-corrected chi connectivity index (χ0v) is 10.1. The van der Waals surface area contributed by atoms with Crippen molar-refractivity contribution in [3.05, 3.63) is 42.9 Å². The van der Waals surface area contributed by atoms with Crippen LogP contribution in [0.5, 0.6) is 0 Å². The van der Waals surface area contributed by atoms with Gasteiger partial charge in [0, 0.05) is 31.9 Å². The van der Waals surface area contributed by atoms with Gasteiger partial charge in [-0.25, -0.2) is 0 Å². The van der Waals surface area contributed by atoms with Crippen LogP contribution in [0, 0.1) is 6.42 Å². The minimum atomic E-state index is -1.08. The number of allylic oxidation sites excluding steroid dienone is 5. The first kappa shape index (κ1) is 13.9. The molecule has 0 saturated heterocycles. The third-order valence-corrected chi connectivity index (χ3v) is 0.843. The molecule has 2 nitrogen and oxygen atoms in total. The second-order valence-corrected chi connectivity index (χ2v) is 1.98. The van der Waals surface area contributed by atoms with Crippen molar-refractivity contribution in [1.82, 2.24) is 0 Å². The van der Waals surface area contributed by atoms with Gasteiger partial charge >= 0.3 is 0 Å². The van der Waals surface area contributed by atoms with Gasteiger partial charge in [-0.05, 0) is 12.5 Å². The van der Waals surface area contributed by atoms with Crippen LogP contribution in [0.25, 0.3) is 0 Å². The molecule has 0 aliphatic heterocycles. The Hall–Kier alpha value is -0.687. The number of carboxylic acid groups (broad SMARTS) is 1. The molecule has 0 atom stereocenters. The number of aliphatic carboxylic acids is 1. The van der Waals surface area contributed by atoms with Crippen LogP contribution >= 0.6 is 0 Å². The Morgan fingerprint density at radius 2 is 1.92 bits per heavy atom. The number of carboxylic acids is 1. The molecule has 3 heteroatoms. The van der Waals surface area contributed by atoms with Gasteiger partial charge in [-0.2, -0.15) is 0 Å². The molecule has 12 heavy (non-hydrogen) atoms. The maximum absolute atomic E-state index is 8.89. The van der Waals surface area contributed by atoms with E-state index in [-0.39, 0.29) is 19.5 Å². The number of carbonyl (C=O) groups excluding carboxylic acids is 1. The van der Waals surface area contributed by atoms with E-state index in [0.29, 0.717) is 0 Å². The van der Waals surface area contributed by atoms with Crippen LogP contribution in [-0.2, 0) is 24.3 Å². The summed E-state index contributed by atoms with van der Waals surface area (Å²) in [6, 6.07) is 0. The Kier molecular flexibility index (Phi) is 9.72. The summed E-state index contributed by atoms with van der Waals surface area (Å²) < 4.78 is 0. The summed E-state index contributed by atoms with van der Waals surface area (Å²) in [4.78, 5) is 8.89. The van der Waals surface area contributed by atoms with Crippen molar-refractivity contribution in [2.45, 2.75) is 6.92 Å². The minimum absolute atomic E-state index is 0. The van der Waals surface area contributed by atoms with Crippen molar-refractivity contribution in [2.24, 2.45) is 0 Å². The van der Waals surface area contributed by atoms with Crippen LogP contribution in [-0.4, -0.2) is 5.97 Å². The van der Waals surface area contributed by atoms with E-state index in [2.05, 4.69) is 6.58 Å². The van der Waals surface area contributed by atoms with Crippen molar-refractivity contribution in [1.29, 1.82) is 0 Å². The van der Waals surface area contributed by atoms with Gasteiger partial charge in [-0.15, -0.1) is 0 Å². The van der Waals surface area contributed by atoms with E-state index in [0.717, 1.165) is 12.5 Å². The predicted octanol–water partition coefficient (Wildman–Crippen LogP) is 0.627. The number of hydrogen-bond acceptors (Lipinski definition) is 2. The van der Waals surface area contributed by atoms with Gasteiger partial charge in [0.2, 0.25) is 0 Å². The zero-order chi connectivity index (χ0) is 8.69. The van der Waals surface area contributed by atoms with Crippen LogP contribution in [0.3, 0.4) is 0 Å². The minimum Gasteiger partial charge on any atom is -0.550 e. The average Bonchev–Trinajstić information content (AvgIpc) is 1.87. The summed E-state index contributed by atoms with van der Waals surface area (Å²) in [5.41, 5.74) is 1.07. The average molecular weight is 216 g/mol. The van der Waals surface area contributed by atoms with Gasteiger partial charge in [0.05, 0.1) is 0 Å².